The lowest BCUT2D eigenvalue weighted by molar-refractivity contribution is -0.151. The molecule has 0 aliphatic carbocycles. The standard InChI is InChI=1S/C15H15Cl2N3O6S/c1-8-5-13(26-20-8)19-15(22)9(2)25-14(21)7-18-27(23,24)10-3-4-11(16)12(17)6-10/h3-6,9,18H,7H2,1-2H3,(H,19,22). The lowest BCUT2D eigenvalue weighted by Crippen LogP contribution is -2.35. The normalized spacial score (nSPS) is 12.4. The van der Waals surface area contributed by atoms with Crippen molar-refractivity contribution in [2.75, 3.05) is 11.9 Å². The number of nitrogens with zero attached hydrogens (tertiary/aromatic N) is 1. The van der Waals surface area contributed by atoms with Crippen molar-refractivity contribution in [3.63, 3.8) is 0 Å². The van der Waals surface area contributed by atoms with Gasteiger partial charge in [-0.25, -0.2) is 8.42 Å². The molecule has 2 N–H and O–H groups in total. The van der Waals surface area contributed by atoms with Crippen LogP contribution in [0, 0.1) is 6.92 Å². The van der Waals surface area contributed by atoms with Crippen LogP contribution in [-0.2, 0) is 24.3 Å². The van der Waals surface area contributed by atoms with E-state index in [1.165, 1.54) is 25.1 Å². The minimum Gasteiger partial charge on any atom is -0.452 e. The first kappa shape index (κ1) is 21.2. The van der Waals surface area contributed by atoms with Crippen LogP contribution in [0.5, 0.6) is 0 Å². The van der Waals surface area contributed by atoms with Crippen LogP contribution in [0.4, 0.5) is 5.88 Å². The van der Waals surface area contributed by atoms with E-state index in [4.69, 9.17) is 32.5 Å². The second-order valence-electron chi connectivity index (χ2n) is 5.35. The lowest BCUT2D eigenvalue weighted by atomic mass is 10.3. The molecule has 2 aromatic rings. The Labute approximate surface area is 165 Å². The van der Waals surface area contributed by atoms with Gasteiger partial charge in [-0.2, -0.15) is 4.72 Å². The number of anilines is 1. The highest BCUT2D eigenvalue weighted by Crippen LogP contribution is 2.24. The molecule has 12 heteroatoms. The maximum absolute atomic E-state index is 12.1. The Morgan fingerprint density at radius 2 is 1.96 bits per heavy atom. The van der Waals surface area contributed by atoms with E-state index in [-0.39, 0.29) is 20.8 Å². The Balaban J connectivity index is 1.88. The number of halogens is 2. The summed E-state index contributed by atoms with van der Waals surface area (Å²) in [5.74, 6) is -1.51. The number of nitrogens with one attached hydrogen (secondary N) is 2. The maximum Gasteiger partial charge on any atom is 0.321 e. The van der Waals surface area contributed by atoms with Crippen LogP contribution in [0.15, 0.2) is 33.7 Å². The first-order valence-corrected chi connectivity index (χ1v) is 9.71. The highest BCUT2D eigenvalue weighted by Gasteiger charge is 2.22. The molecule has 0 aliphatic rings. The minimum atomic E-state index is -4.01. The van der Waals surface area contributed by atoms with E-state index < -0.39 is 34.5 Å². The molecular formula is C15H15Cl2N3O6S. The van der Waals surface area contributed by atoms with Crippen LogP contribution in [0.2, 0.25) is 10.0 Å². The number of carbonyl (C=O) groups is 2. The molecule has 1 atom stereocenters. The molecule has 146 valence electrons. The largest absolute Gasteiger partial charge is 0.452 e. The van der Waals surface area contributed by atoms with Crippen molar-refractivity contribution in [2.45, 2.75) is 24.8 Å². The van der Waals surface area contributed by atoms with Gasteiger partial charge >= 0.3 is 5.97 Å². The maximum atomic E-state index is 12.1. The number of carbonyl (C=O) groups excluding carboxylic acids is 2. The predicted molar refractivity (Wildman–Crippen MR) is 97.1 cm³/mol. The average Bonchev–Trinajstić information content (AvgIpc) is 3.00. The van der Waals surface area contributed by atoms with Crippen molar-refractivity contribution in [3.8, 4) is 0 Å². The van der Waals surface area contributed by atoms with Gasteiger partial charge in [0.25, 0.3) is 5.91 Å². The molecule has 0 spiro atoms. The van der Waals surface area contributed by atoms with Gasteiger partial charge in [-0.3, -0.25) is 14.9 Å². The fraction of sp³-hybridized carbons (Fsp3) is 0.267. The van der Waals surface area contributed by atoms with E-state index in [1.807, 2.05) is 0 Å². The molecule has 9 nitrogen and oxygen atoms in total. The van der Waals surface area contributed by atoms with Crippen LogP contribution in [0.1, 0.15) is 12.6 Å². The summed E-state index contributed by atoms with van der Waals surface area (Å²) in [5.41, 5.74) is 0.562. The number of rotatable bonds is 7. The summed E-state index contributed by atoms with van der Waals surface area (Å²) in [6.07, 6.45) is -1.18. The zero-order valence-corrected chi connectivity index (χ0v) is 16.5. The Hall–Kier alpha value is -2.14. The number of aromatic nitrogens is 1. The van der Waals surface area contributed by atoms with Gasteiger partial charge < -0.3 is 9.26 Å². The van der Waals surface area contributed by atoms with E-state index in [1.54, 1.807) is 6.92 Å². The average molecular weight is 436 g/mol. The van der Waals surface area contributed by atoms with E-state index in [2.05, 4.69) is 15.2 Å². The number of amides is 1. The monoisotopic (exact) mass is 435 g/mol. The number of ether oxygens (including phenoxy) is 1. The molecule has 0 saturated carbocycles. The van der Waals surface area contributed by atoms with Gasteiger partial charge in [0.1, 0.15) is 6.54 Å². The third-order valence-electron chi connectivity index (χ3n) is 3.16. The first-order chi connectivity index (χ1) is 12.6. The van der Waals surface area contributed by atoms with Crippen molar-refractivity contribution >= 4 is 51.0 Å². The second-order valence-corrected chi connectivity index (χ2v) is 7.94. The molecule has 2 rings (SSSR count). The highest BCUT2D eigenvalue weighted by molar-refractivity contribution is 7.89. The van der Waals surface area contributed by atoms with Gasteiger partial charge in [-0.1, -0.05) is 28.4 Å². The van der Waals surface area contributed by atoms with Crippen LogP contribution < -0.4 is 10.0 Å². The fourth-order valence-corrected chi connectivity index (χ4v) is 3.18. The summed E-state index contributed by atoms with van der Waals surface area (Å²) in [5, 5.41) is 6.20. The second kappa shape index (κ2) is 8.70. The highest BCUT2D eigenvalue weighted by atomic mass is 35.5. The third kappa shape index (κ3) is 5.93. The molecule has 1 unspecified atom stereocenters. The molecule has 0 bridgehead atoms. The van der Waals surface area contributed by atoms with Crippen molar-refractivity contribution in [1.29, 1.82) is 0 Å². The number of sulfonamides is 1. The Morgan fingerprint density at radius 3 is 2.56 bits per heavy atom. The van der Waals surface area contributed by atoms with E-state index in [0.29, 0.717) is 5.69 Å². The number of hydrogen-bond acceptors (Lipinski definition) is 7. The van der Waals surface area contributed by atoms with Crippen LogP contribution in [0.3, 0.4) is 0 Å². The molecule has 0 saturated heterocycles. The number of hydrogen-bond donors (Lipinski definition) is 2. The molecule has 1 aromatic carbocycles. The molecule has 0 fully saturated rings. The summed E-state index contributed by atoms with van der Waals surface area (Å²) in [7, 11) is -4.01. The van der Waals surface area contributed by atoms with Crippen molar-refractivity contribution < 1.29 is 27.3 Å². The van der Waals surface area contributed by atoms with Gasteiger partial charge in [-0.15, -0.1) is 0 Å². The molecule has 1 aromatic heterocycles. The van der Waals surface area contributed by atoms with Gasteiger partial charge in [-0.05, 0) is 32.0 Å². The van der Waals surface area contributed by atoms with Crippen molar-refractivity contribution in [2.24, 2.45) is 0 Å². The summed E-state index contributed by atoms with van der Waals surface area (Å²) in [6, 6.07) is 5.18. The molecule has 1 amide bonds. The Kier molecular flexibility index (Phi) is 6.82. The van der Waals surface area contributed by atoms with Crippen LogP contribution in [0.25, 0.3) is 0 Å². The SMILES string of the molecule is Cc1cc(NC(=O)C(C)OC(=O)CNS(=O)(=O)c2ccc(Cl)c(Cl)c2)on1. The summed E-state index contributed by atoms with van der Waals surface area (Å²) in [4.78, 5) is 23.5. The smallest absolute Gasteiger partial charge is 0.321 e. The van der Waals surface area contributed by atoms with E-state index >= 15 is 0 Å². The molecule has 0 radical (unpaired) electrons. The van der Waals surface area contributed by atoms with Gasteiger partial charge in [0, 0.05) is 6.07 Å². The van der Waals surface area contributed by atoms with Gasteiger partial charge in [0.15, 0.2) is 6.10 Å². The fourth-order valence-electron chi connectivity index (χ4n) is 1.82. The molecule has 27 heavy (non-hydrogen) atoms. The molecular weight excluding hydrogens is 421 g/mol. The predicted octanol–water partition coefficient (Wildman–Crippen LogP) is 2.14. The molecule has 1 heterocycles. The van der Waals surface area contributed by atoms with E-state index in [9.17, 15) is 18.0 Å². The quantitative estimate of drug-likeness (QED) is 0.637. The summed E-state index contributed by atoms with van der Waals surface area (Å²) < 4.78 is 36.0. The van der Waals surface area contributed by atoms with E-state index in [0.717, 1.165) is 6.07 Å². The Morgan fingerprint density at radius 1 is 1.26 bits per heavy atom. The van der Waals surface area contributed by atoms with Crippen LogP contribution >= 0.6 is 23.2 Å². The number of benzene rings is 1. The summed E-state index contributed by atoms with van der Waals surface area (Å²) >= 11 is 11.5. The lowest BCUT2D eigenvalue weighted by Gasteiger charge is -2.13. The van der Waals surface area contributed by atoms with Crippen LogP contribution in [-0.4, -0.2) is 38.1 Å². The van der Waals surface area contributed by atoms with Crippen molar-refractivity contribution in [1.82, 2.24) is 9.88 Å². The van der Waals surface area contributed by atoms with Gasteiger partial charge in [0.05, 0.1) is 20.6 Å². The molecule has 0 aliphatic heterocycles. The zero-order valence-electron chi connectivity index (χ0n) is 14.2. The minimum absolute atomic E-state index is 0.0510. The Bertz CT molecular complexity index is 960. The first-order valence-electron chi connectivity index (χ1n) is 7.47. The zero-order chi connectivity index (χ0) is 20.2. The summed E-state index contributed by atoms with van der Waals surface area (Å²) in [6.45, 7) is 2.31. The number of esters is 1. The third-order valence-corrected chi connectivity index (χ3v) is 5.30. The van der Waals surface area contributed by atoms with Gasteiger partial charge in [0.2, 0.25) is 15.9 Å². The topological polar surface area (TPSA) is 128 Å². The van der Waals surface area contributed by atoms with Crippen molar-refractivity contribution in [3.05, 3.63) is 40.0 Å². The number of aryl methyl sites for hydroxylation is 1.